The lowest BCUT2D eigenvalue weighted by Gasteiger charge is -2.11. The summed E-state index contributed by atoms with van der Waals surface area (Å²) in [7, 11) is 0. The van der Waals surface area contributed by atoms with E-state index in [1.807, 2.05) is 0 Å². The second-order valence-electron chi connectivity index (χ2n) is 1.50. The van der Waals surface area contributed by atoms with Gasteiger partial charge in [-0.2, -0.15) is 13.2 Å². The van der Waals surface area contributed by atoms with Crippen LogP contribution in [0.1, 0.15) is 0 Å². The van der Waals surface area contributed by atoms with Crippen LogP contribution in [-0.4, -0.2) is 12.3 Å². The fourth-order valence-corrected chi connectivity index (χ4v) is 0.348. The molecule has 0 spiro atoms. The Balaban J connectivity index is 4.70. The van der Waals surface area contributed by atoms with Crippen molar-refractivity contribution < 1.29 is 26.3 Å². The largest absolute Gasteiger partial charge is 0.361 e. The van der Waals surface area contributed by atoms with Gasteiger partial charge in [0, 0.05) is 0 Å². The zero-order chi connectivity index (χ0) is 9.23. The maximum atomic E-state index is 11.7. The van der Waals surface area contributed by atoms with Crippen LogP contribution in [0.3, 0.4) is 0 Å². The summed E-state index contributed by atoms with van der Waals surface area (Å²) >= 11 is 4.08. The molecule has 0 bridgehead atoms. The van der Waals surface area contributed by atoms with Crippen LogP contribution in [0.2, 0.25) is 0 Å². The van der Waals surface area contributed by atoms with Gasteiger partial charge in [0.2, 0.25) is 11.1 Å². The lowest BCUT2D eigenvalue weighted by molar-refractivity contribution is -0.113. The van der Waals surface area contributed by atoms with Crippen LogP contribution >= 0.6 is 11.6 Å². The number of rotatable bonds is 2. The van der Waals surface area contributed by atoms with Crippen molar-refractivity contribution in [1.82, 2.24) is 0 Å². The Labute approximate surface area is 62.4 Å². The average molecular weight is 198 g/mol. The molecule has 66 valence electrons. The molecule has 0 radical (unpaired) electrons. The van der Waals surface area contributed by atoms with Gasteiger partial charge in [-0.05, 0) is 11.6 Å². The van der Waals surface area contributed by atoms with Crippen molar-refractivity contribution in [3.05, 3.63) is 11.1 Å². The maximum Gasteiger partial charge on any atom is 0.361 e. The van der Waals surface area contributed by atoms with Crippen molar-refractivity contribution >= 4 is 11.6 Å². The fourth-order valence-electron chi connectivity index (χ4n) is 0.222. The number of hydrogen-bond donors (Lipinski definition) is 0. The van der Waals surface area contributed by atoms with Crippen molar-refractivity contribution in [2.75, 3.05) is 0 Å². The molecule has 0 atom stereocenters. The molecule has 0 aliphatic carbocycles. The molecule has 0 saturated heterocycles. The van der Waals surface area contributed by atoms with E-state index >= 15 is 0 Å². The molecule has 0 N–H and O–H groups in total. The Morgan fingerprint density at radius 3 is 1.64 bits per heavy atom. The Hall–Kier alpha value is -0.390. The zero-order valence-corrected chi connectivity index (χ0v) is 5.48. The van der Waals surface area contributed by atoms with E-state index in [1.54, 1.807) is 0 Å². The molecule has 0 aromatic carbocycles. The van der Waals surface area contributed by atoms with Crippen LogP contribution in [-0.2, 0) is 0 Å². The summed E-state index contributed by atoms with van der Waals surface area (Å²) in [5.41, 5.74) is 0. The first-order chi connectivity index (χ1) is 4.80. The minimum absolute atomic E-state index is 2.46. The molecule has 0 heterocycles. The smallest absolute Gasteiger partial charge is 0.203 e. The molecule has 0 nitrogen and oxygen atoms in total. The quantitative estimate of drug-likeness (QED) is 0.598. The summed E-state index contributed by atoms with van der Waals surface area (Å²) in [5.74, 6) is -8.10. The molecule has 0 aliphatic rings. The predicted octanol–water partition coefficient (Wildman–Crippen LogP) is 3.23. The molecular weight excluding hydrogens is 197 g/mol. The summed E-state index contributed by atoms with van der Waals surface area (Å²) in [6.07, 6.45) is -4.31. The van der Waals surface area contributed by atoms with Crippen LogP contribution in [0.25, 0.3) is 0 Å². The molecular formula is C4HClF6. The summed E-state index contributed by atoms with van der Waals surface area (Å²) in [4.78, 5) is 0. The number of halogens is 7. The summed E-state index contributed by atoms with van der Waals surface area (Å²) in [5, 5.41) is -2.46. The molecule has 0 fully saturated rings. The Kier molecular flexibility index (Phi) is 3.22. The third-order valence-electron chi connectivity index (χ3n) is 0.733. The van der Waals surface area contributed by atoms with Gasteiger partial charge in [0.15, 0.2) is 0 Å². The van der Waals surface area contributed by atoms with Crippen LogP contribution in [0.4, 0.5) is 26.3 Å². The molecule has 0 aromatic rings. The van der Waals surface area contributed by atoms with Gasteiger partial charge in [-0.25, -0.2) is 13.2 Å². The first-order valence-electron chi connectivity index (χ1n) is 2.17. The van der Waals surface area contributed by atoms with Gasteiger partial charge < -0.3 is 0 Å². The molecule has 11 heavy (non-hydrogen) atoms. The molecule has 0 rings (SSSR count). The highest BCUT2D eigenvalue weighted by molar-refractivity contribution is 6.28. The fraction of sp³-hybridized carbons (Fsp3) is 0.500. The van der Waals surface area contributed by atoms with Gasteiger partial charge in [-0.1, -0.05) is 0 Å². The zero-order valence-electron chi connectivity index (χ0n) is 4.72. The van der Waals surface area contributed by atoms with Crippen molar-refractivity contribution in [2.24, 2.45) is 0 Å². The summed E-state index contributed by atoms with van der Waals surface area (Å²) in [6, 6.07) is 0. The first kappa shape index (κ1) is 10.6. The van der Waals surface area contributed by atoms with Crippen molar-refractivity contribution in [1.29, 1.82) is 0 Å². The second-order valence-corrected chi connectivity index (χ2v) is 1.83. The van der Waals surface area contributed by atoms with Gasteiger partial charge in [0.05, 0.1) is 0 Å². The molecule has 7 heteroatoms. The van der Waals surface area contributed by atoms with Gasteiger partial charge in [0.1, 0.15) is 0 Å². The van der Waals surface area contributed by atoms with E-state index in [0.29, 0.717) is 0 Å². The third-order valence-corrected chi connectivity index (χ3v) is 0.899. The maximum absolute atomic E-state index is 11.7. The van der Waals surface area contributed by atoms with Crippen LogP contribution < -0.4 is 0 Å². The Morgan fingerprint density at radius 1 is 1.18 bits per heavy atom. The van der Waals surface area contributed by atoms with E-state index in [4.69, 9.17) is 0 Å². The molecule has 0 saturated carbocycles. The van der Waals surface area contributed by atoms with Crippen molar-refractivity contribution in [3.8, 4) is 0 Å². The van der Waals surface area contributed by atoms with E-state index in [-0.39, 0.29) is 0 Å². The highest BCUT2D eigenvalue weighted by atomic mass is 35.5. The van der Waals surface area contributed by atoms with Gasteiger partial charge in [-0.15, -0.1) is 0 Å². The normalized spacial score (nSPS) is 15.3. The monoisotopic (exact) mass is 198 g/mol. The minimum atomic E-state index is -5.15. The SMILES string of the molecule is F/C(Cl)=C(/F)C(F)(F)C(F)F. The Bertz CT molecular complexity index is 169. The molecule has 0 amide bonds. The van der Waals surface area contributed by atoms with Gasteiger partial charge in [0.25, 0.3) is 0 Å². The molecule has 0 unspecified atom stereocenters. The van der Waals surface area contributed by atoms with E-state index in [1.165, 1.54) is 0 Å². The number of hydrogen-bond acceptors (Lipinski definition) is 0. The first-order valence-corrected chi connectivity index (χ1v) is 2.55. The van der Waals surface area contributed by atoms with Crippen LogP contribution in [0.15, 0.2) is 11.1 Å². The van der Waals surface area contributed by atoms with Crippen LogP contribution in [0.5, 0.6) is 0 Å². The van der Waals surface area contributed by atoms with E-state index in [0.717, 1.165) is 0 Å². The highest BCUT2D eigenvalue weighted by Gasteiger charge is 2.48. The standard InChI is InChI=1S/C4HClF6/c5-2(7)1(6)4(10,11)3(8)9/h3H/b2-1+. The molecule has 0 aliphatic heterocycles. The third kappa shape index (κ3) is 2.28. The lowest BCUT2D eigenvalue weighted by atomic mass is 10.3. The Morgan fingerprint density at radius 2 is 1.55 bits per heavy atom. The number of alkyl halides is 4. The topological polar surface area (TPSA) is 0 Å². The van der Waals surface area contributed by atoms with E-state index in [9.17, 15) is 26.3 Å². The van der Waals surface area contributed by atoms with Crippen LogP contribution in [0, 0.1) is 0 Å². The highest BCUT2D eigenvalue weighted by Crippen LogP contribution is 2.35. The predicted molar refractivity (Wildman–Crippen MR) is 26.0 cm³/mol. The average Bonchev–Trinajstić information content (AvgIpc) is 1.85. The van der Waals surface area contributed by atoms with Crippen molar-refractivity contribution in [2.45, 2.75) is 12.3 Å². The van der Waals surface area contributed by atoms with E-state index < -0.39 is 23.5 Å². The summed E-state index contributed by atoms with van der Waals surface area (Å²) in [6.45, 7) is 0. The van der Waals surface area contributed by atoms with Crippen molar-refractivity contribution in [3.63, 3.8) is 0 Å². The number of allylic oxidation sites excluding steroid dienone is 1. The van der Waals surface area contributed by atoms with Gasteiger partial charge in [-0.3, -0.25) is 0 Å². The minimum Gasteiger partial charge on any atom is -0.203 e. The second kappa shape index (κ2) is 3.34. The van der Waals surface area contributed by atoms with Gasteiger partial charge >= 0.3 is 12.3 Å². The van der Waals surface area contributed by atoms with E-state index in [2.05, 4.69) is 11.6 Å². The lowest BCUT2D eigenvalue weighted by Crippen LogP contribution is -2.27. The summed E-state index contributed by atoms with van der Waals surface area (Å²) < 4.78 is 68.8. The molecule has 0 aromatic heterocycles.